The molecule has 0 aromatic carbocycles. The largest absolute Gasteiger partial charge is 0.537 e. The van der Waals surface area contributed by atoms with E-state index in [-0.39, 0.29) is 0 Å². The third-order valence-electron chi connectivity index (χ3n) is 2.47. The Hall–Kier alpha value is -0.110. The van der Waals surface area contributed by atoms with Gasteiger partial charge in [-0.25, -0.2) is 0 Å². The van der Waals surface area contributed by atoms with Gasteiger partial charge in [0.1, 0.15) is 0 Å². The molecule has 10 heteroatoms. The highest BCUT2D eigenvalue weighted by Crippen LogP contribution is 2.42. The quantitative estimate of drug-likeness (QED) is 0.416. The molecule has 6 nitrogen and oxygen atoms in total. The van der Waals surface area contributed by atoms with Crippen molar-refractivity contribution in [3.8, 4) is 0 Å². The number of hydrogen-bond donors (Lipinski definition) is 3. The molecule has 128 valence electrons. The summed E-state index contributed by atoms with van der Waals surface area (Å²) in [5.74, 6) is -2.18. The summed E-state index contributed by atoms with van der Waals surface area (Å²) in [4.78, 5) is 35.2. The van der Waals surface area contributed by atoms with Crippen LogP contribution in [0, 0.1) is 0 Å². The first-order valence-corrected chi connectivity index (χ1v) is 9.40. The van der Waals surface area contributed by atoms with Crippen LogP contribution in [0.3, 0.4) is 0 Å². The Balaban J connectivity index is 4.86. The molecular weight excluding hydrogens is 367 g/mol. The lowest BCUT2D eigenvalue weighted by atomic mass is 10.3. The zero-order chi connectivity index (χ0) is 17.3. The van der Waals surface area contributed by atoms with E-state index < -0.39 is 42.3 Å². The van der Waals surface area contributed by atoms with Gasteiger partial charge in [0.2, 0.25) is 0 Å². The molecule has 0 aromatic heterocycles. The topological polar surface area (TPSA) is 78.9 Å². The summed E-state index contributed by atoms with van der Waals surface area (Å²) in [7, 11) is -2.49. The number of hydrogen-bond acceptors (Lipinski definition) is 9. The molecule has 0 aliphatic rings. The Bertz CT molecular complexity index is 338. The average Bonchev–Trinajstić information content (AvgIpc) is 2.51. The lowest BCUT2D eigenvalue weighted by molar-refractivity contribution is -0.141. The lowest BCUT2D eigenvalue weighted by Gasteiger charge is -2.18. The predicted octanol–water partition coefficient (Wildman–Crippen LogP) is 2.97. The third-order valence-corrected chi connectivity index (χ3v) is 5.18. The maximum Gasteiger partial charge on any atom is 0.537 e. The van der Waals surface area contributed by atoms with Crippen molar-refractivity contribution in [2.45, 2.75) is 55.8 Å². The van der Waals surface area contributed by atoms with Crippen molar-refractivity contribution in [1.82, 2.24) is 0 Å². The standard InChI is InChI=1S/C12H21O6PS3/c1-4-7(20)10(13)16-19(17-11(14)8(21)5-2)18-12(15)9(22)6-3/h7-9,20-22H,4-6H2,1-3H3. The van der Waals surface area contributed by atoms with Gasteiger partial charge in [-0.05, 0) is 19.3 Å². The molecule has 0 spiro atoms. The molecule has 0 rings (SSSR count). The predicted molar refractivity (Wildman–Crippen MR) is 94.4 cm³/mol. The summed E-state index contributed by atoms with van der Waals surface area (Å²) in [5, 5.41) is -2.09. The van der Waals surface area contributed by atoms with E-state index in [1.807, 2.05) is 0 Å². The van der Waals surface area contributed by atoms with Crippen LogP contribution in [-0.4, -0.2) is 33.7 Å². The Labute approximate surface area is 148 Å². The molecule has 0 aromatic rings. The molecule has 0 N–H and O–H groups in total. The van der Waals surface area contributed by atoms with Crippen LogP contribution in [0.4, 0.5) is 0 Å². The molecule has 22 heavy (non-hydrogen) atoms. The van der Waals surface area contributed by atoms with Gasteiger partial charge in [-0.3, -0.25) is 14.4 Å². The Morgan fingerprint density at radius 3 is 1.14 bits per heavy atom. The first-order valence-electron chi connectivity index (χ1n) is 6.76. The van der Waals surface area contributed by atoms with E-state index in [4.69, 9.17) is 13.6 Å². The van der Waals surface area contributed by atoms with E-state index in [2.05, 4.69) is 37.9 Å². The van der Waals surface area contributed by atoms with Gasteiger partial charge in [-0.2, -0.15) is 37.9 Å². The van der Waals surface area contributed by atoms with Gasteiger partial charge in [-0.15, -0.1) is 0 Å². The van der Waals surface area contributed by atoms with E-state index in [1.54, 1.807) is 20.8 Å². The molecule has 0 saturated heterocycles. The molecule has 0 aliphatic heterocycles. The second-order valence-corrected chi connectivity index (χ2v) is 7.09. The summed E-state index contributed by atoms with van der Waals surface area (Å²) < 4.78 is 14.8. The van der Waals surface area contributed by atoms with Crippen molar-refractivity contribution >= 4 is 64.4 Å². The highest BCUT2D eigenvalue weighted by molar-refractivity contribution is 7.82. The monoisotopic (exact) mass is 388 g/mol. The first-order chi connectivity index (χ1) is 10.3. The van der Waals surface area contributed by atoms with Crippen molar-refractivity contribution in [1.29, 1.82) is 0 Å². The van der Waals surface area contributed by atoms with E-state index in [9.17, 15) is 14.4 Å². The van der Waals surface area contributed by atoms with Crippen molar-refractivity contribution in [3.05, 3.63) is 0 Å². The van der Waals surface area contributed by atoms with Crippen molar-refractivity contribution < 1.29 is 28.0 Å². The highest BCUT2D eigenvalue weighted by Gasteiger charge is 2.32. The van der Waals surface area contributed by atoms with Crippen LogP contribution in [0.2, 0.25) is 0 Å². The number of carbonyl (C=O) groups excluding carboxylic acids is 3. The molecule has 0 bridgehead atoms. The fraction of sp³-hybridized carbons (Fsp3) is 0.750. The van der Waals surface area contributed by atoms with Gasteiger partial charge in [0, 0.05) is 0 Å². The second kappa shape index (κ2) is 11.4. The van der Waals surface area contributed by atoms with E-state index >= 15 is 0 Å². The summed E-state index contributed by atoms with van der Waals surface area (Å²) >= 11 is 12.1. The molecule has 0 radical (unpaired) electrons. The molecule has 0 saturated carbocycles. The number of carbonyl (C=O) groups is 3. The molecule has 0 heterocycles. The normalized spacial score (nSPS) is 16.1. The maximum absolute atomic E-state index is 11.7. The van der Waals surface area contributed by atoms with Gasteiger partial charge in [-0.1, -0.05) is 20.8 Å². The number of rotatable bonds is 9. The van der Waals surface area contributed by atoms with Gasteiger partial charge >= 0.3 is 26.5 Å². The minimum absolute atomic E-state index is 0.418. The van der Waals surface area contributed by atoms with E-state index in [1.165, 1.54) is 0 Å². The van der Waals surface area contributed by atoms with Gasteiger partial charge in [0.05, 0.1) is 15.7 Å². The molecule has 3 atom stereocenters. The molecule has 0 amide bonds. The van der Waals surface area contributed by atoms with E-state index in [0.29, 0.717) is 19.3 Å². The van der Waals surface area contributed by atoms with Crippen LogP contribution in [0.25, 0.3) is 0 Å². The van der Waals surface area contributed by atoms with Crippen molar-refractivity contribution in [2.75, 3.05) is 0 Å². The first kappa shape index (κ1) is 21.9. The summed E-state index contributed by atoms with van der Waals surface area (Å²) in [6.45, 7) is 5.21. The highest BCUT2D eigenvalue weighted by atomic mass is 32.1. The Morgan fingerprint density at radius 2 is 0.955 bits per heavy atom. The van der Waals surface area contributed by atoms with Crippen molar-refractivity contribution in [3.63, 3.8) is 0 Å². The average molecular weight is 388 g/mol. The summed E-state index contributed by atoms with van der Waals surface area (Å²) in [6, 6.07) is 0. The van der Waals surface area contributed by atoms with Gasteiger partial charge < -0.3 is 13.6 Å². The Kier molecular flexibility index (Phi) is 11.4. The number of thiol groups is 3. The molecule has 3 unspecified atom stereocenters. The van der Waals surface area contributed by atoms with Crippen LogP contribution >= 0.6 is 46.5 Å². The van der Waals surface area contributed by atoms with E-state index in [0.717, 1.165) is 0 Å². The Morgan fingerprint density at radius 1 is 0.727 bits per heavy atom. The maximum atomic E-state index is 11.7. The van der Waals surface area contributed by atoms with Gasteiger partial charge in [0.15, 0.2) is 0 Å². The molecule has 0 fully saturated rings. The van der Waals surface area contributed by atoms with Gasteiger partial charge in [0.25, 0.3) is 0 Å². The summed E-state index contributed by atoms with van der Waals surface area (Å²) in [5.41, 5.74) is 0. The second-order valence-electron chi connectivity index (χ2n) is 4.23. The SMILES string of the molecule is CCC(S)C(=O)OP(OC(=O)C(S)CC)OC(=O)C(S)CC. The van der Waals surface area contributed by atoms with Crippen LogP contribution in [-0.2, 0) is 28.0 Å². The van der Waals surface area contributed by atoms with Crippen LogP contribution in [0.1, 0.15) is 40.0 Å². The minimum Gasteiger partial charge on any atom is -0.374 e. The smallest absolute Gasteiger partial charge is 0.374 e. The minimum atomic E-state index is -2.49. The summed E-state index contributed by atoms with van der Waals surface area (Å²) in [6.07, 6.45) is 1.25. The van der Waals surface area contributed by atoms with Crippen LogP contribution in [0.15, 0.2) is 0 Å². The van der Waals surface area contributed by atoms with Crippen LogP contribution < -0.4 is 0 Å². The zero-order valence-corrected chi connectivity index (χ0v) is 16.2. The third kappa shape index (κ3) is 7.94. The molecular formula is C12H21O6PS3. The molecule has 0 aliphatic carbocycles. The fourth-order valence-electron chi connectivity index (χ4n) is 0.959. The fourth-order valence-corrected chi connectivity index (χ4v) is 2.30. The lowest BCUT2D eigenvalue weighted by Crippen LogP contribution is -2.22. The van der Waals surface area contributed by atoms with Crippen molar-refractivity contribution in [2.24, 2.45) is 0 Å². The van der Waals surface area contributed by atoms with Crippen LogP contribution in [0.5, 0.6) is 0 Å². The zero-order valence-electron chi connectivity index (χ0n) is 12.6.